The Kier molecular flexibility index (Phi) is 5.72. The zero-order chi connectivity index (χ0) is 15.1. The van der Waals surface area contributed by atoms with Crippen molar-refractivity contribution in [1.82, 2.24) is 9.88 Å². The molecule has 21 heavy (non-hydrogen) atoms. The minimum absolute atomic E-state index is 0.512. The van der Waals surface area contributed by atoms with Gasteiger partial charge in [0.15, 0.2) is 0 Å². The summed E-state index contributed by atoms with van der Waals surface area (Å²) in [6.07, 6.45) is 4.05. The van der Waals surface area contributed by atoms with Gasteiger partial charge in [0.05, 0.1) is 13.2 Å². The van der Waals surface area contributed by atoms with Crippen LogP contribution in [0.15, 0.2) is 48.8 Å². The largest absolute Gasteiger partial charge is 0.497 e. The molecule has 0 aliphatic rings. The van der Waals surface area contributed by atoms with Gasteiger partial charge < -0.3 is 14.7 Å². The summed E-state index contributed by atoms with van der Waals surface area (Å²) >= 11 is 0. The Bertz CT molecular complexity index is 545. The number of benzene rings is 1. The molecule has 4 heteroatoms. The van der Waals surface area contributed by atoms with Crippen LogP contribution in [-0.2, 0) is 6.42 Å². The molecule has 0 amide bonds. The highest BCUT2D eigenvalue weighted by Crippen LogP contribution is 2.19. The Hall–Kier alpha value is -1.91. The maximum atomic E-state index is 10.3. The number of pyridine rings is 1. The molecule has 112 valence electrons. The van der Waals surface area contributed by atoms with Crippen LogP contribution >= 0.6 is 0 Å². The second-order valence-corrected chi connectivity index (χ2v) is 5.16. The molecule has 1 heterocycles. The number of aliphatic hydroxyl groups is 1. The molecule has 0 saturated heterocycles. The number of methoxy groups -OCH3 is 1. The van der Waals surface area contributed by atoms with Gasteiger partial charge in [-0.25, -0.2) is 0 Å². The molecule has 0 aliphatic heterocycles. The zero-order valence-corrected chi connectivity index (χ0v) is 12.6. The predicted octanol–water partition coefficient (Wildman–Crippen LogP) is 2.30. The van der Waals surface area contributed by atoms with Crippen LogP contribution in [0, 0.1) is 0 Å². The Labute approximate surface area is 126 Å². The van der Waals surface area contributed by atoms with Crippen LogP contribution in [-0.4, -0.2) is 42.2 Å². The molecule has 2 rings (SSSR count). The fourth-order valence-corrected chi connectivity index (χ4v) is 2.21. The number of hydrogen-bond donors (Lipinski definition) is 1. The molecule has 0 fully saturated rings. The zero-order valence-electron chi connectivity index (χ0n) is 12.6. The number of aliphatic hydroxyl groups excluding tert-OH is 1. The Morgan fingerprint density at radius 3 is 2.71 bits per heavy atom. The average molecular weight is 286 g/mol. The second-order valence-electron chi connectivity index (χ2n) is 5.16. The van der Waals surface area contributed by atoms with E-state index in [1.54, 1.807) is 19.5 Å². The van der Waals surface area contributed by atoms with Crippen LogP contribution in [0.4, 0.5) is 0 Å². The predicted molar refractivity (Wildman–Crippen MR) is 83.4 cm³/mol. The van der Waals surface area contributed by atoms with Crippen molar-refractivity contribution in [3.63, 3.8) is 0 Å². The van der Waals surface area contributed by atoms with Gasteiger partial charge in [0.2, 0.25) is 0 Å². The summed E-state index contributed by atoms with van der Waals surface area (Å²) in [5.74, 6) is 0.769. The molecule has 1 N–H and O–H groups in total. The van der Waals surface area contributed by atoms with E-state index < -0.39 is 6.10 Å². The van der Waals surface area contributed by atoms with Gasteiger partial charge in [-0.05, 0) is 48.9 Å². The molecule has 1 unspecified atom stereocenters. The summed E-state index contributed by atoms with van der Waals surface area (Å²) in [5, 5.41) is 10.3. The number of likely N-dealkylation sites (N-methyl/N-ethyl adjacent to an activating group) is 1. The molecule has 0 bridgehead atoms. The Morgan fingerprint density at radius 1 is 1.24 bits per heavy atom. The SMILES string of the molecule is COc1cccc(C(O)CN(C)CCc2ccncc2)c1. The van der Waals surface area contributed by atoms with Crippen molar-refractivity contribution in [2.45, 2.75) is 12.5 Å². The quantitative estimate of drug-likeness (QED) is 0.848. The molecule has 1 atom stereocenters. The molecule has 0 aliphatic carbocycles. The van der Waals surface area contributed by atoms with Gasteiger partial charge in [-0.15, -0.1) is 0 Å². The molecule has 4 nitrogen and oxygen atoms in total. The van der Waals surface area contributed by atoms with Crippen LogP contribution in [0.3, 0.4) is 0 Å². The normalized spacial score (nSPS) is 12.4. The van der Waals surface area contributed by atoms with Gasteiger partial charge in [0, 0.05) is 25.5 Å². The van der Waals surface area contributed by atoms with Crippen molar-refractivity contribution >= 4 is 0 Å². The van der Waals surface area contributed by atoms with Crippen molar-refractivity contribution in [2.24, 2.45) is 0 Å². The van der Waals surface area contributed by atoms with E-state index in [2.05, 4.69) is 9.88 Å². The van der Waals surface area contributed by atoms with Crippen LogP contribution in [0.2, 0.25) is 0 Å². The number of nitrogens with zero attached hydrogens (tertiary/aromatic N) is 2. The van der Waals surface area contributed by atoms with Gasteiger partial charge in [0.25, 0.3) is 0 Å². The van der Waals surface area contributed by atoms with Gasteiger partial charge in [-0.2, -0.15) is 0 Å². The summed E-state index contributed by atoms with van der Waals surface area (Å²) in [7, 11) is 3.65. The molecule has 0 saturated carbocycles. The lowest BCUT2D eigenvalue weighted by molar-refractivity contribution is 0.127. The lowest BCUT2D eigenvalue weighted by atomic mass is 10.1. The molecule has 1 aromatic carbocycles. The molecule has 0 radical (unpaired) electrons. The first kappa shape index (κ1) is 15.5. The maximum absolute atomic E-state index is 10.3. The lowest BCUT2D eigenvalue weighted by Gasteiger charge is -2.21. The first-order valence-electron chi connectivity index (χ1n) is 7.08. The molecule has 2 aromatic rings. The Balaban J connectivity index is 1.85. The van der Waals surface area contributed by atoms with Gasteiger partial charge in [-0.3, -0.25) is 4.98 Å². The van der Waals surface area contributed by atoms with E-state index in [-0.39, 0.29) is 0 Å². The highest BCUT2D eigenvalue weighted by atomic mass is 16.5. The van der Waals surface area contributed by atoms with E-state index in [9.17, 15) is 5.11 Å². The van der Waals surface area contributed by atoms with Crippen molar-refractivity contribution in [3.8, 4) is 5.75 Å². The van der Waals surface area contributed by atoms with E-state index in [1.165, 1.54) is 5.56 Å². The molecular formula is C17H22N2O2. The van der Waals surface area contributed by atoms with E-state index in [1.807, 2.05) is 43.4 Å². The van der Waals surface area contributed by atoms with E-state index in [4.69, 9.17) is 4.74 Å². The minimum atomic E-state index is -0.512. The average Bonchev–Trinajstić information content (AvgIpc) is 2.54. The van der Waals surface area contributed by atoms with Gasteiger partial charge in [-0.1, -0.05) is 12.1 Å². The highest BCUT2D eigenvalue weighted by molar-refractivity contribution is 5.29. The minimum Gasteiger partial charge on any atom is -0.497 e. The lowest BCUT2D eigenvalue weighted by Crippen LogP contribution is -2.26. The van der Waals surface area contributed by atoms with E-state index in [0.717, 1.165) is 24.3 Å². The summed E-state index contributed by atoms with van der Waals surface area (Å²) in [5.41, 5.74) is 2.14. The second kappa shape index (κ2) is 7.76. The van der Waals surface area contributed by atoms with Gasteiger partial charge in [0.1, 0.15) is 5.75 Å². The van der Waals surface area contributed by atoms with Crippen LogP contribution in [0.1, 0.15) is 17.2 Å². The third kappa shape index (κ3) is 4.85. The third-order valence-electron chi connectivity index (χ3n) is 3.49. The summed E-state index contributed by atoms with van der Waals surface area (Å²) in [6, 6.07) is 11.6. The van der Waals surface area contributed by atoms with Crippen LogP contribution in [0.25, 0.3) is 0 Å². The van der Waals surface area contributed by atoms with E-state index >= 15 is 0 Å². The maximum Gasteiger partial charge on any atom is 0.119 e. The van der Waals surface area contributed by atoms with Crippen molar-refractivity contribution < 1.29 is 9.84 Å². The summed E-state index contributed by atoms with van der Waals surface area (Å²) < 4.78 is 5.18. The third-order valence-corrected chi connectivity index (χ3v) is 3.49. The van der Waals surface area contributed by atoms with Crippen LogP contribution < -0.4 is 4.74 Å². The fraction of sp³-hybridized carbons (Fsp3) is 0.353. The molecule has 1 aromatic heterocycles. The standard InChI is InChI=1S/C17H22N2O2/c1-19(11-8-14-6-9-18-10-7-14)13-17(20)15-4-3-5-16(12-15)21-2/h3-7,9-10,12,17,20H,8,11,13H2,1-2H3. The van der Waals surface area contributed by atoms with E-state index in [0.29, 0.717) is 6.54 Å². The highest BCUT2D eigenvalue weighted by Gasteiger charge is 2.11. The number of hydrogen-bond acceptors (Lipinski definition) is 4. The fourth-order valence-electron chi connectivity index (χ4n) is 2.21. The molecule has 0 spiro atoms. The number of aromatic nitrogens is 1. The summed E-state index contributed by atoms with van der Waals surface area (Å²) in [4.78, 5) is 6.14. The first-order chi connectivity index (χ1) is 10.2. The van der Waals surface area contributed by atoms with Crippen molar-refractivity contribution in [2.75, 3.05) is 27.2 Å². The number of ether oxygens (including phenoxy) is 1. The Morgan fingerprint density at radius 2 is 2.00 bits per heavy atom. The topological polar surface area (TPSA) is 45.6 Å². The molecular weight excluding hydrogens is 264 g/mol. The van der Waals surface area contributed by atoms with Crippen LogP contribution in [0.5, 0.6) is 5.75 Å². The van der Waals surface area contributed by atoms with Crippen molar-refractivity contribution in [1.29, 1.82) is 0 Å². The monoisotopic (exact) mass is 286 g/mol. The number of rotatable bonds is 7. The smallest absolute Gasteiger partial charge is 0.119 e. The first-order valence-corrected chi connectivity index (χ1v) is 7.08. The van der Waals surface area contributed by atoms with Crippen molar-refractivity contribution in [3.05, 3.63) is 59.9 Å². The summed E-state index contributed by atoms with van der Waals surface area (Å²) in [6.45, 7) is 1.49. The van der Waals surface area contributed by atoms with Gasteiger partial charge >= 0.3 is 0 Å².